The lowest BCUT2D eigenvalue weighted by Gasteiger charge is -2.00. The van der Waals surface area contributed by atoms with Crippen LogP contribution in [0.25, 0.3) is 0 Å². The third kappa shape index (κ3) is 6.97. The van der Waals surface area contributed by atoms with Crippen molar-refractivity contribution in [2.45, 2.75) is 11.5 Å². The Hall–Kier alpha value is -2.12. The highest BCUT2D eigenvalue weighted by Gasteiger charge is 2.03. The molecule has 0 unspecified atom stereocenters. The summed E-state index contributed by atoms with van der Waals surface area (Å²) in [5, 5.41) is 8.30. The number of nitrogens with two attached hydrogens (primary N) is 1. The van der Waals surface area contributed by atoms with Crippen LogP contribution in [0.2, 0.25) is 0 Å². The minimum Gasteiger partial charge on any atom is -0.377 e. The predicted octanol–water partition coefficient (Wildman–Crippen LogP) is 2.81. The standard InChI is InChI=1S/C17H19N3O2S2/c1-24(21,22)13-16-9-7-14(8-10-16)11-19-20-17(18)23-12-15-5-3-2-4-6-15/h2-11H,12-13H2,1H3,(H2,18,20). The van der Waals surface area contributed by atoms with E-state index >= 15 is 0 Å². The Morgan fingerprint density at radius 1 is 1.08 bits per heavy atom. The van der Waals surface area contributed by atoms with Crippen molar-refractivity contribution in [1.29, 1.82) is 0 Å². The van der Waals surface area contributed by atoms with Crippen LogP contribution < -0.4 is 5.73 Å². The fraction of sp³-hybridized carbons (Fsp3) is 0.176. The van der Waals surface area contributed by atoms with Crippen molar-refractivity contribution in [1.82, 2.24) is 0 Å². The zero-order chi connectivity index (χ0) is 17.4. The monoisotopic (exact) mass is 361 g/mol. The smallest absolute Gasteiger partial charge is 0.180 e. The molecule has 0 aromatic heterocycles. The molecule has 0 saturated heterocycles. The lowest BCUT2D eigenvalue weighted by molar-refractivity contribution is 0.601. The third-order valence-corrected chi connectivity index (χ3v) is 4.71. The lowest BCUT2D eigenvalue weighted by Crippen LogP contribution is -2.06. The van der Waals surface area contributed by atoms with Crippen LogP contribution >= 0.6 is 11.8 Å². The number of thioether (sulfide) groups is 1. The molecule has 0 bridgehead atoms. The van der Waals surface area contributed by atoms with Gasteiger partial charge in [-0.15, -0.1) is 5.10 Å². The molecular weight excluding hydrogens is 342 g/mol. The number of benzene rings is 2. The summed E-state index contributed by atoms with van der Waals surface area (Å²) in [5.41, 5.74) is 8.56. The van der Waals surface area contributed by atoms with Gasteiger partial charge in [-0.1, -0.05) is 66.4 Å². The van der Waals surface area contributed by atoms with Crippen LogP contribution in [0.1, 0.15) is 16.7 Å². The van der Waals surface area contributed by atoms with Crippen LogP contribution in [-0.2, 0) is 21.3 Å². The van der Waals surface area contributed by atoms with Gasteiger partial charge in [0.25, 0.3) is 0 Å². The molecule has 0 aliphatic carbocycles. The summed E-state index contributed by atoms with van der Waals surface area (Å²) in [6.45, 7) is 0. The van der Waals surface area contributed by atoms with Crippen LogP contribution in [0, 0.1) is 0 Å². The second kappa shape index (κ2) is 8.65. The second-order valence-electron chi connectivity index (χ2n) is 5.27. The number of amidine groups is 1. The molecule has 126 valence electrons. The van der Waals surface area contributed by atoms with Gasteiger partial charge in [0, 0.05) is 12.0 Å². The van der Waals surface area contributed by atoms with Gasteiger partial charge in [-0.3, -0.25) is 0 Å². The fourth-order valence-corrected chi connectivity index (χ4v) is 3.33. The van der Waals surface area contributed by atoms with E-state index < -0.39 is 9.84 Å². The van der Waals surface area contributed by atoms with Crippen LogP contribution in [0.4, 0.5) is 0 Å². The van der Waals surface area contributed by atoms with Crippen LogP contribution in [-0.4, -0.2) is 26.1 Å². The summed E-state index contributed by atoms with van der Waals surface area (Å²) in [7, 11) is -3.02. The summed E-state index contributed by atoms with van der Waals surface area (Å²) >= 11 is 1.42. The molecule has 0 atom stereocenters. The van der Waals surface area contributed by atoms with Gasteiger partial charge in [0.15, 0.2) is 15.0 Å². The average molecular weight is 361 g/mol. The van der Waals surface area contributed by atoms with Gasteiger partial charge in [-0.05, 0) is 16.7 Å². The SMILES string of the molecule is CS(=O)(=O)Cc1ccc(C=NN=C(N)SCc2ccccc2)cc1. The zero-order valence-corrected chi connectivity index (χ0v) is 14.9. The van der Waals surface area contributed by atoms with Crippen LogP contribution in [0.15, 0.2) is 64.8 Å². The Bertz CT molecular complexity index is 815. The summed E-state index contributed by atoms with van der Waals surface area (Å²) in [4.78, 5) is 0. The minimum atomic E-state index is -3.02. The molecular formula is C17H19N3O2S2. The molecule has 2 rings (SSSR count). The zero-order valence-electron chi connectivity index (χ0n) is 13.3. The van der Waals surface area contributed by atoms with E-state index in [0.29, 0.717) is 5.17 Å². The molecule has 0 fully saturated rings. The van der Waals surface area contributed by atoms with Crippen LogP contribution in [0.5, 0.6) is 0 Å². The maximum Gasteiger partial charge on any atom is 0.180 e. The van der Waals surface area contributed by atoms with Gasteiger partial charge in [-0.2, -0.15) is 5.10 Å². The number of rotatable bonds is 6. The number of nitrogens with zero attached hydrogens (tertiary/aromatic N) is 2. The van der Waals surface area contributed by atoms with E-state index in [0.717, 1.165) is 16.9 Å². The van der Waals surface area contributed by atoms with Crippen molar-refractivity contribution >= 4 is 33.0 Å². The number of hydrogen-bond acceptors (Lipinski definition) is 5. The molecule has 0 aliphatic rings. The van der Waals surface area contributed by atoms with E-state index in [1.807, 2.05) is 30.3 Å². The molecule has 0 radical (unpaired) electrons. The molecule has 0 spiro atoms. The van der Waals surface area contributed by atoms with Gasteiger partial charge in [-0.25, -0.2) is 8.42 Å². The topological polar surface area (TPSA) is 84.9 Å². The Labute approximate surface area is 146 Å². The van der Waals surface area contributed by atoms with Crippen molar-refractivity contribution in [3.63, 3.8) is 0 Å². The largest absolute Gasteiger partial charge is 0.377 e. The van der Waals surface area contributed by atoms with Crippen LogP contribution in [0.3, 0.4) is 0 Å². The van der Waals surface area contributed by atoms with Gasteiger partial charge >= 0.3 is 0 Å². The number of sulfone groups is 1. The first-order valence-corrected chi connectivity index (χ1v) is 10.3. The minimum absolute atomic E-state index is 0.0334. The molecule has 0 aliphatic heterocycles. The van der Waals surface area contributed by atoms with Gasteiger partial charge < -0.3 is 5.73 Å². The first-order chi connectivity index (χ1) is 11.4. The Morgan fingerprint density at radius 3 is 2.38 bits per heavy atom. The van der Waals surface area contributed by atoms with Crippen molar-refractivity contribution in [2.24, 2.45) is 15.9 Å². The Kier molecular flexibility index (Phi) is 6.57. The second-order valence-corrected chi connectivity index (χ2v) is 8.40. The maximum atomic E-state index is 11.2. The lowest BCUT2D eigenvalue weighted by atomic mass is 10.2. The number of hydrogen-bond donors (Lipinski definition) is 1. The van der Waals surface area contributed by atoms with E-state index in [2.05, 4.69) is 10.2 Å². The summed E-state index contributed by atoms with van der Waals surface area (Å²) in [5.74, 6) is 0.775. The predicted molar refractivity (Wildman–Crippen MR) is 102 cm³/mol. The quantitative estimate of drug-likeness (QED) is 0.487. The first-order valence-electron chi connectivity index (χ1n) is 7.22. The summed E-state index contributed by atoms with van der Waals surface area (Å²) < 4.78 is 22.5. The van der Waals surface area contributed by atoms with Gasteiger partial charge in [0.2, 0.25) is 0 Å². The molecule has 2 aromatic rings. The summed E-state index contributed by atoms with van der Waals surface area (Å²) in [6, 6.07) is 17.1. The third-order valence-electron chi connectivity index (χ3n) is 3.00. The van der Waals surface area contributed by atoms with E-state index in [1.54, 1.807) is 30.5 Å². The fourth-order valence-electron chi connectivity index (χ4n) is 1.92. The highest BCUT2D eigenvalue weighted by Crippen LogP contribution is 2.11. The molecule has 0 saturated carbocycles. The van der Waals surface area contributed by atoms with Gasteiger partial charge in [0.05, 0.1) is 12.0 Å². The Morgan fingerprint density at radius 2 is 1.75 bits per heavy atom. The van der Waals surface area contributed by atoms with E-state index in [4.69, 9.17) is 5.73 Å². The van der Waals surface area contributed by atoms with Gasteiger partial charge in [0.1, 0.15) is 0 Å². The highest BCUT2D eigenvalue weighted by atomic mass is 32.2. The molecule has 2 aromatic carbocycles. The molecule has 5 nitrogen and oxygen atoms in total. The molecule has 7 heteroatoms. The normalized spacial score (nSPS) is 12.6. The first kappa shape index (κ1) is 18.2. The van der Waals surface area contributed by atoms with Crippen molar-refractivity contribution in [2.75, 3.05) is 6.26 Å². The van der Waals surface area contributed by atoms with Crippen molar-refractivity contribution < 1.29 is 8.42 Å². The molecule has 2 N–H and O–H groups in total. The molecule has 24 heavy (non-hydrogen) atoms. The van der Waals surface area contributed by atoms with E-state index in [9.17, 15) is 8.42 Å². The molecule has 0 amide bonds. The van der Waals surface area contributed by atoms with Crippen molar-refractivity contribution in [3.05, 3.63) is 71.3 Å². The maximum absolute atomic E-state index is 11.2. The molecule has 0 heterocycles. The van der Waals surface area contributed by atoms with E-state index in [1.165, 1.54) is 23.6 Å². The van der Waals surface area contributed by atoms with E-state index in [-0.39, 0.29) is 5.75 Å². The van der Waals surface area contributed by atoms with Crippen molar-refractivity contribution in [3.8, 4) is 0 Å². The summed E-state index contributed by atoms with van der Waals surface area (Å²) in [6.07, 6.45) is 2.80. The highest BCUT2D eigenvalue weighted by molar-refractivity contribution is 8.13. The Balaban J connectivity index is 1.88. The average Bonchev–Trinajstić information content (AvgIpc) is 2.54.